The summed E-state index contributed by atoms with van der Waals surface area (Å²) < 4.78 is 6.77. The third-order valence-corrected chi connectivity index (χ3v) is 3.79. The number of benzene rings is 1. The predicted molar refractivity (Wildman–Crippen MR) is 89.8 cm³/mol. The van der Waals surface area contributed by atoms with E-state index in [0.717, 1.165) is 27.0 Å². The Morgan fingerprint density at radius 3 is 2.73 bits per heavy atom. The van der Waals surface area contributed by atoms with Gasteiger partial charge in [0.15, 0.2) is 0 Å². The average molecular weight is 361 g/mol. The summed E-state index contributed by atoms with van der Waals surface area (Å²) in [5, 5.41) is 4.23. The van der Waals surface area contributed by atoms with Crippen LogP contribution < -0.4 is 5.32 Å². The van der Waals surface area contributed by atoms with Gasteiger partial charge in [0.05, 0.1) is 18.3 Å². The lowest BCUT2D eigenvalue weighted by molar-refractivity contribution is 0.385. The zero-order valence-corrected chi connectivity index (χ0v) is 14.3. The van der Waals surface area contributed by atoms with Gasteiger partial charge in [-0.1, -0.05) is 36.7 Å². The molecule has 3 aromatic rings. The van der Waals surface area contributed by atoms with E-state index in [1.54, 1.807) is 12.5 Å². The lowest BCUT2D eigenvalue weighted by atomic mass is 9.94. The molecule has 0 saturated heterocycles. The zero-order chi connectivity index (χ0) is 15.7. The molecule has 0 radical (unpaired) electrons. The third kappa shape index (κ3) is 3.11. The van der Waals surface area contributed by atoms with Crippen LogP contribution in [0, 0.1) is 0 Å². The number of nitrogens with zero attached hydrogens (tertiary/aromatic N) is 3. The molecule has 0 bridgehead atoms. The van der Waals surface area contributed by atoms with Gasteiger partial charge in [-0.2, -0.15) is 0 Å². The van der Waals surface area contributed by atoms with E-state index in [1.807, 2.05) is 18.2 Å². The van der Waals surface area contributed by atoms with E-state index in [4.69, 9.17) is 4.42 Å². The van der Waals surface area contributed by atoms with Crippen molar-refractivity contribution in [3.05, 3.63) is 46.8 Å². The molecule has 1 N–H and O–H groups in total. The second-order valence-corrected chi connectivity index (χ2v) is 7.02. The van der Waals surface area contributed by atoms with Crippen LogP contribution in [0.4, 0.5) is 5.82 Å². The van der Waals surface area contributed by atoms with Crippen molar-refractivity contribution in [1.82, 2.24) is 15.0 Å². The highest BCUT2D eigenvalue weighted by Gasteiger charge is 2.19. The van der Waals surface area contributed by atoms with E-state index < -0.39 is 0 Å². The van der Waals surface area contributed by atoms with E-state index in [0.29, 0.717) is 12.4 Å². The molecule has 0 atom stereocenters. The first-order chi connectivity index (χ1) is 10.4. The van der Waals surface area contributed by atoms with Crippen LogP contribution in [0.3, 0.4) is 0 Å². The van der Waals surface area contributed by atoms with Crippen LogP contribution in [0.1, 0.15) is 32.4 Å². The van der Waals surface area contributed by atoms with Gasteiger partial charge < -0.3 is 9.73 Å². The number of halogens is 1. The van der Waals surface area contributed by atoms with Crippen LogP contribution in [0.2, 0.25) is 0 Å². The fraction of sp³-hybridized carbons (Fsp3) is 0.312. The number of hydrogen-bond acceptors (Lipinski definition) is 5. The molecular formula is C16H17BrN4O. The number of rotatable bonds is 3. The second-order valence-electron chi connectivity index (χ2n) is 6.11. The molecule has 5 nitrogen and oxygen atoms in total. The fourth-order valence-electron chi connectivity index (χ4n) is 2.07. The number of oxazole rings is 1. The summed E-state index contributed by atoms with van der Waals surface area (Å²) in [4.78, 5) is 12.9. The van der Waals surface area contributed by atoms with Gasteiger partial charge in [0.1, 0.15) is 17.9 Å². The van der Waals surface area contributed by atoms with Gasteiger partial charge in [-0.25, -0.2) is 15.0 Å². The molecule has 114 valence electrons. The van der Waals surface area contributed by atoms with Crippen molar-refractivity contribution in [3.8, 4) is 0 Å². The molecule has 0 saturated carbocycles. The quantitative estimate of drug-likeness (QED) is 0.754. The number of aromatic nitrogens is 3. The summed E-state index contributed by atoms with van der Waals surface area (Å²) in [6.07, 6.45) is 3.33. The Bertz CT molecular complexity index is 807. The van der Waals surface area contributed by atoms with Gasteiger partial charge in [0, 0.05) is 15.3 Å². The van der Waals surface area contributed by atoms with Crippen molar-refractivity contribution in [3.63, 3.8) is 0 Å². The molecule has 0 aliphatic heterocycles. The summed E-state index contributed by atoms with van der Waals surface area (Å²) in [5.74, 6) is 2.29. The standard InChI is InChI=1S/C16H17BrN4O/c1-16(2,3)13-7-18-14(22-13)8-19-15-11-6-10(17)4-5-12(11)20-9-21-15/h4-7,9H,8H2,1-3H3,(H,19,20,21). The van der Waals surface area contributed by atoms with Crippen molar-refractivity contribution in [2.45, 2.75) is 32.7 Å². The van der Waals surface area contributed by atoms with Gasteiger partial charge in [-0.15, -0.1) is 0 Å². The highest BCUT2D eigenvalue weighted by Crippen LogP contribution is 2.25. The van der Waals surface area contributed by atoms with Crippen molar-refractivity contribution < 1.29 is 4.42 Å². The SMILES string of the molecule is CC(C)(C)c1cnc(CNc2ncnc3ccc(Br)cc23)o1. The van der Waals surface area contributed by atoms with Gasteiger partial charge in [-0.3, -0.25) is 0 Å². The summed E-state index contributed by atoms with van der Waals surface area (Å²) in [5.41, 5.74) is 0.848. The Balaban J connectivity index is 1.82. The number of nitrogens with one attached hydrogen (secondary N) is 1. The predicted octanol–water partition coefficient (Wildman–Crippen LogP) is 4.29. The van der Waals surface area contributed by atoms with Crippen LogP contribution in [-0.4, -0.2) is 15.0 Å². The van der Waals surface area contributed by atoms with Crippen LogP contribution in [0.15, 0.2) is 39.6 Å². The lowest BCUT2D eigenvalue weighted by Crippen LogP contribution is -2.09. The van der Waals surface area contributed by atoms with Gasteiger partial charge in [-0.05, 0) is 18.2 Å². The Morgan fingerprint density at radius 2 is 2.00 bits per heavy atom. The first kappa shape index (κ1) is 15.0. The molecule has 0 aliphatic rings. The van der Waals surface area contributed by atoms with Crippen molar-refractivity contribution in [1.29, 1.82) is 0 Å². The maximum absolute atomic E-state index is 5.78. The molecule has 1 aromatic carbocycles. The highest BCUT2D eigenvalue weighted by molar-refractivity contribution is 9.10. The third-order valence-electron chi connectivity index (χ3n) is 3.30. The molecule has 0 unspecified atom stereocenters. The minimum atomic E-state index is -0.0439. The largest absolute Gasteiger partial charge is 0.443 e. The molecule has 3 rings (SSSR count). The Kier molecular flexibility index (Phi) is 3.87. The molecule has 0 amide bonds. The van der Waals surface area contributed by atoms with Gasteiger partial charge >= 0.3 is 0 Å². The first-order valence-electron chi connectivity index (χ1n) is 7.03. The van der Waals surface area contributed by atoms with Gasteiger partial charge in [0.25, 0.3) is 0 Å². The summed E-state index contributed by atoms with van der Waals surface area (Å²) in [7, 11) is 0. The average Bonchev–Trinajstić information content (AvgIpc) is 2.94. The smallest absolute Gasteiger partial charge is 0.213 e. The van der Waals surface area contributed by atoms with Crippen LogP contribution >= 0.6 is 15.9 Å². The first-order valence-corrected chi connectivity index (χ1v) is 7.82. The molecule has 2 heterocycles. The summed E-state index contributed by atoms with van der Waals surface area (Å²) in [6, 6.07) is 5.91. The molecule has 2 aromatic heterocycles. The van der Waals surface area contributed by atoms with E-state index in [9.17, 15) is 0 Å². The van der Waals surface area contributed by atoms with Crippen LogP contribution in [0.5, 0.6) is 0 Å². The fourth-order valence-corrected chi connectivity index (χ4v) is 2.43. The maximum Gasteiger partial charge on any atom is 0.213 e. The number of anilines is 1. The Morgan fingerprint density at radius 1 is 1.18 bits per heavy atom. The topological polar surface area (TPSA) is 63.8 Å². The van der Waals surface area contributed by atoms with E-state index >= 15 is 0 Å². The van der Waals surface area contributed by atoms with E-state index in [1.165, 1.54) is 0 Å². The molecule has 0 fully saturated rings. The van der Waals surface area contributed by atoms with Crippen molar-refractivity contribution >= 4 is 32.7 Å². The molecule has 6 heteroatoms. The highest BCUT2D eigenvalue weighted by atomic mass is 79.9. The summed E-state index contributed by atoms with van der Waals surface area (Å²) >= 11 is 3.47. The Labute approximate surface area is 137 Å². The summed E-state index contributed by atoms with van der Waals surface area (Å²) in [6.45, 7) is 6.77. The van der Waals surface area contributed by atoms with Crippen LogP contribution in [0.25, 0.3) is 10.9 Å². The second kappa shape index (κ2) is 5.68. The Hall–Kier alpha value is -1.95. The lowest BCUT2D eigenvalue weighted by Gasteiger charge is -2.13. The van der Waals surface area contributed by atoms with Crippen molar-refractivity contribution in [2.24, 2.45) is 0 Å². The van der Waals surface area contributed by atoms with Gasteiger partial charge in [0.2, 0.25) is 5.89 Å². The molecule has 0 spiro atoms. The maximum atomic E-state index is 5.78. The minimum Gasteiger partial charge on any atom is -0.443 e. The molecular weight excluding hydrogens is 344 g/mol. The van der Waals surface area contributed by atoms with E-state index in [2.05, 4.69) is 57.0 Å². The minimum absolute atomic E-state index is 0.0439. The monoisotopic (exact) mass is 360 g/mol. The molecule has 22 heavy (non-hydrogen) atoms. The van der Waals surface area contributed by atoms with Crippen molar-refractivity contribution in [2.75, 3.05) is 5.32 Å². The molecule has 0 aliphatic carbocycles. The number of hydrogen-bond donors (Lipinski definition) is 1. The van der Waals surface area contributed by atoms with E-state index in [-0.39, 0.29) is 5.41 Å². The van der Waals surface area contributed by atoms with Crippen LogP contribution in [-0.2, 0) is 12.0 Å². The normalized spacial score (nSPS) is 11.8. The number of fused-ring (bicyclic) bond motifs is 1. The zero-order valence-electron chi connectivity index (χ0n) is 12.7.